The minimum absolute atomic E-state index is 0.0122. The van der Waals surface area contributed by atoms with Gasteiger partial charge in [0.2, 0.25) is 53.2 Å². The van der Waals surface area contributed by atoms with Gasteiger partial charge in [-0.3, -0.25) is 53.0 Å². The molecule has 0 bridgehead atoms. The molecule has 2 rings (SSSR count). The Labute approximate surface area is 376 Å². The average molecular weight is 932 g/mol. The van der Waals surface area contributed by atoms with Crippen LogP contribution in [-0.2, 0) is 52.6 Å². The Hall–Kier alpha value is -5.13. The number of rotatable bonds is 27. The van der Waals surface area contributed by atoms with E-state index < -0.39 is 18.2 Å². The molecular weight excluding hydrogens is 867 g/mol. The zero-order chi connectivity index (χ0) is 47.3. The van der Waals surface area contributed by atoms with Crippen LogP contribution in [0.5, 0.6) is 0 Å². The predicted molar refractivity (Wildman–Crippen MR) is 234 cm³/mol. The number of thioether (sulfide) groups is 2. The first-order valence-corrected chi connectivity index (χ1v) is 23.4. The van der Waals surface area contributed by atoms with Gasteiger partial charge in [0.1, 0.15) is 6.04 Å². The first-order valence-electron chi connectivity index (χ1n) is 20.9. The maximum Gasteiger partial charge on any atom is 0.407 e. The van der Waals surface area contributed by atoms with Gasteiger partial charge in [0.15, 0.2) is 0 Å². The van der Waals surface area contributed by atoms with E-state index in [1.807, 2.05) is 0 Å². The Morgan fingerprint density at radius 3 is 1.46 bits per heavy atom. The minimum Gasteiger partial charge on any atom is -0.450 e. The summed E-state index contributed by atoms with van der Waals surface area (Å²) in [5.74, 6) is -2.82. The summed E-state index contributed by atoms with van der Waals surface area (Å²) >= 11 is 2.63. The molecule has 2 heterocycles. The Bertz CT molecular complexity index is 1510. The summed E-state index contributed by atoms with van der Waals surface area (Å²) in [6.07, 6.45) is 4.76. The van der Waals surface area contributed by atoms with E-state index in [0.29, 0.717) is 32.4 Å². The van der Waals surface area contributed by atoms with Gasteiger partial charge >= 0.3 is 12.2 Å². The number of ether oxygens (including phenoxy) is 2. The summed E-state index contributed by atoms with van der Waals surface area (Å²) < 4.78 is 9.47. The van der Waals surface area contributed by atoms with E-state index in [1.54, 1.807) is 33.3 Å². The summed E-state index contributed by atoms with van der Waals surface area (Å²) in [4.78, 5) is 132. The average Bonchev–Trinajstić information content (AvgIpc) is 3.68. The Morgan fingerprint density at radius 1 is 0.635 bits per heavy atom. The van der Waals surface area contributed by atoms with Crippen LogP contribution in [0.2, 0.25) is 0 Å². The van der Waals surface area contributed by atoms with E-state index >= 15 is 0 Å². The van der Waals surface area contributed by atoms with Crippen molar-refractivity contribution in [2.24, 2.45) is 5.92 Å². The van der Waals surface area contributed by atoms with Crippen molar-refractivity contribution in [3.8, 4) is 0 Å². The minimum atomic E-state index is -0.642. The molecule has 2 aliphatic heterocycles. The lowest BCUT2D eigenvalue weighted by molar-refractivity contribution is -0.140. The van der Waals surface area contributed by atoms with Gasteiger partial charge in [-0.15, -0.1) is 0 Å². The monoisotopic (exact) mass is 931 g/mol. The maximum atomic E-state index is 12.1. The highest BCUT2D eigenvalue weighted by molar-refractivity contribution is 8.00. The first-order chi connectivity index (χ1) is 30.0. The molecule has 356 valence electrons. The molecule has 0 spiro atoms. The molecule has 2 aliphatic rings. The number of imide groups is 2. The summed E-state index contributed by atoms with van der Waals surface area (Å²) in [5, 5.41) is 17.4. The fraction of sp³-hybridized carbons (Fsp3) is 0.718. The smallest absolute Gasteiger partial charge is 0.407 e. The Balaban J connectivity index is 0.000000795. The van der Waals surface area contributed by atoms with Gasteiger partial charge in [0.25, 0.3) is 0 Å². The van der Waals surface area contributed by atoms with Crippen molar-refractivity contribution in [3.63, 3.8) is 0 Å². The van der Waals surface area contributed by atoms with E-state index in [-0.39, 0.29) is 154 Å². The van der Waals surface area contributed by atoms with Crippen LogP contribution in [0.1, 0.15) is 78.6 Å². The molecule has 24 heteroatoms. The molecule has 0 aromatic heterocycles. The number of hydrogen-bond acceptors (Lipinski definition) is 15. The standard InChI is InChI=1S/C26H40N6O8S2.C13H25N3O5/c1-16(12-21(35)29-8-6-27-19(33)4-10-31-23(37)14-17(41-2)25(31)39)13-22(36)30-9-7-28-20(34)5-11-32-24(38)15-18(42-3)26(32)40;1-4-20-12(18)15-9-7-6-8-10(11(17)14-3)16-13(19)21-5-2/h16-18H,4-15H2,1-3H3,(H,27,33)(H,28,34)(H,29,35)(H,30,36);10H,4-9H2,1-3H3,(H,14,17)(H,15,18)(H,16,19). The van der Waals surface area contributed by atoms with Crippen molar-refractivity contribution in [2.75, 3.05) is 78.6 Å². The van der Waals surface area contributed by atoms with E-state index in [9.17, 15) is 52.7 Å². The molecule has 63 heavy (non-hydrogen) atoms. The second-order valence-electron chi connectivity index (χ2n) is 14.2. The van der Waals surface area contributed by atoms with Gasteiger partial charge in [-0.25, -0.2) is 9.59 Å². The number of carbonyl (C=O) groups excluding carboxylic acids is 11. The molecule has 0 aromatic rings. The molecule has 2 fully saturated rings. The number of likely N-dealkylation sites (N-methyl/N-ethyl adjacent to an activating group) is 1. The SMILES string of the molecule is CCOC(=O)NCCCCC(NC(=O)OCC)C(=O)NC.CSC1CC(=O)N(CCC(=O)NCCNC(=O)CC(C)CC(=O)NCCNC(=O)CCN2C(=O)CC(SC)C2=O)C1=O. The van der Waals surface area contributed by atoms with Crippen LogP contribution in [0.15, 0.2) is 0 Å². The summed E-state index contributed by atoms with van der Waals surface area (Å²) in [7, 11) is 1.50. The predicted octanol–water partition coefficient (Wildman–Crippen LogP) is -0.608. The largest absolute Gasteiger partial charge is 0.450 e. The number of amides is 11. The van der Waals surface area contributed by atoms with E-state index in [2.05, 4.69) is 37.2 Å². The lowest BCUT2D eigenvalue weighted by Crippen LogP contribution is -2.45. The molecular formula is C39H65N9O13S2. The third kappa shape index (κ3) is 22.7. The van der Waals surface area contributed by atoms with Gasteiger partial charge in [-0.2, -0.15) is 23.5 Å². The van der Waals surface area contributed by atoms with Gasteiger partial charge in [0, 0.05) is 91.4 Å². The van der Waals surface area contributed by atoms with Crippen molar-refractivity contribution < 1.29 is 62.2 Å². The normalized spacial score (nSPS) is 16.5. The zero-order valence-corrected chi connectivity index (χ0v) is 38.7. The highest BCUT2D eigenvalue weighted by atomic mass is 32.2. The number of unbranched alkanes of at least 4 members (excludes halogenated alkanes) is 1. The lowest BCUT2D eigenvalue weighted by atomic mass is 10.0. The second kappa shape index (κ2) is 31.7. The summed E-state index contributed by atoms with van der Waals surface area (Å²) in [6, 6.07) is -0.642. The third-order valence-electron chi connectivity index (χ3n) is 9.30. The first kappa shape index (κ1) is 55.9. The molecule has 11 amide bonds. The van der Waals surface area contributed by atoms with E-state index in [4.69, 9.17) is 9.47 Å². The molecule has 0 saturated carbocycles. The zero-order valence-electron chi connectivity index (χ0n) is 37.1. The van der Waals surface area contributed by atoms with Crippen molar-refractivity contribution in [1.82, 2.24) is 47.0 Å². The van der Waals surface area contributed by atoms with Crippen LogP contribution in [0, 0.1) is 5.92 Å². The summed E-state index contributed by atoms with van der Waals surface area (Å²) in [6.45, 7) is 7.02. The van der Waals surface area contributed by atoms with E-state index in [1.165, 1.54) is 30.6 Å². The molecule has 2 saturated heterocycles. The molecule has 0 aromatic carbocycles. The number of nitrogens with zero attached hydrogens (tertiary/aromatic N) is 2. The van der Waals surface area contributed by atoms with Crippen molar-refractivity contribution in [2.45, 2.75) is 95.1 Å². The fourth-order valence-corrected chi connectivity index (χ4v) is 7.28. The van der Waals surface area contributed by atoms with Crippen molar-refractivity contribution >= 4 is 88.9 Å². The van der Waals surface area contributed by atoms with Crippen LogP contribution < -0.4 is 37.2 Å². The quantitative estimate of drug-likeness (QED) is 0.0400. The van der Waals surface area contributed by atoms with Crippen LogP contribution in [0.4, 0.5) is 9.59 Å². The van der Waals surface area contributed by atoms with Crippen LogP contribution in [0.25, 0.3) is 0 Å². The van der Waals surface area contributed by atoms with Gasteiger partial charge in [0.05, 0.1) is 23.7 Å². The number of likely N-dealkylation sites (tertiary alicyclic amines) is 2. The Morgan fingerprint density at radius 2 is 1.06 bits per heavy atom. The molecule has 3 atom stereocenters. The maximum absolute atomic E-state index is 12.1. The number of nitrogens with one attached hydrogen (secondary N) is 7. The summed E-state index contributed by atoms with van der Waals surface area (Å²) in [5.41, 5.74) is 0. The van der Waals surface area contributed by atoms with Gasteiger partial charge in [-0.1, -0.05) is 6.92 Å². The van der Waals surface area contributed by atoms with Crippen molar-refractivity contribution in [1.29, 1.82) is 0 Å². The molecule has 22 nitrogen and oxygen atoms in total. The highest BCUT2D eigenvalue weighted by Crippen LogP contribution is 2.24. The second-order valence-corrected chi connectivity index (χ2v) is 16.3. The third-order valence-corrected chi connectivity index (χ3v) is 11.2. The highest BCUT2D eigenvalue weighted by Gasteiger charge is 2.38. The van der Waals surface area contributed by atoms with Crippen LogP contribution in [0.3, 0.4) is 0 Å². The van der Waals surface area contributed by atoms with Gasteiger partial charge < -0.3 is 46.7 Å². The molecule has 0 aliphatic carbocycles. The van der Waals surface area contributed by atoms with Crippen molar-refractivity contribution in [3.05, 3.63) is 0 Å². The molecule has 0 radical (unpaired) electrons. The molecule has 3 unspecified atom stereocenters. The fourth-order valence-electron chi connectivity index (χ4n) is 6.01. The topological polar surface area (TPSA) is 297 Å². The molecule has 7 N–H and O–H groups in total. The van der Waals surface area contributed by atoms with Crippen LogP contribution >= 0.6 is 23.5 Å². The number of alkyl carbamates (subject to hydrolysis) is 2. The lowest BCUT2D eigenvalue weighted by Gasteiger charge is -2.16. The number of carbonyl (C=O) groups is 11. The Kier molecular flexibility index (Phi) is 28.1. The number of hydrogen-bond donors (Lipinski definition) is 7. The van der Waals surface area contributed by atoms with E-state index in [0.717, 1.165) is 9.80 Å². The van der Waals surface area contributed by atoms with Gasteiger partial charge in [-0.05, 0) is 51.5 Å². The van der Waals surface area contributed by atoms with Crippen LogP contribution in [-0.4, -0.2) is 170 Å².